The molecule has 2 aromatic heterocycles. The van der Waals surface area contributed by atoms with E-state index in [0.717, 1.165) is 11.3 Å². The van der Waals surface area contributed by atoms with E-state index in [1.165, 1.54) is 18.6 Å². The Morgan fingerprint density at radius 2 is 2.10 bits per heavy atom. The number of hydrogen-bond acceptors (Lipinski definition) is 6. The van der Waals surface area contributed by atoms with Crippen molar-refractivity contribution in [2.24, 2.45) is 7.05 Å². The Bertz CT molecular complexity index is 790. The lowest BCUT2D eigenvalue weighted by Crippen LogP contribution is -2.16. The maximum Gasteiger partial charge on any atom is 0.349 e. The van der Waals surface area contributed by atoms with Crippen molar-refractivity contribution in [3.05, 3.63) is 27.7 Å². The van der Waals surface area contributed by atoms with Crippen LogP contribution in [0.15, 0.2) is 16.3 Å². The lowest BCUT2D eigenvalue weighted by Gasteiger charge is -2.08. The lowest BCUT2D eigenvalue weighted by atomic mass is 10.3. The third-order valence-corrected chi connectivity index (χ3v) is 5.45. The highest BCUT2D eigenvalue weighted by Crippen LogP contribution is 2.27. The average molecular weight is 329 g/mol. The van der Waals surface area contributed by atoms with Crippen molar-refractivity contribution < 1.29 is 17.9 Å². The number of aryl methyl sites for hydroxylation is 2. The first-order valence-corrected chi connectivity index (χ1v) is 8.33. The number of sulfonamides is 1. The highest BCUT2D eigenvalue weighted by Gasteiger charge is 2.26. The minimum atomic E-state index is -3.88. The Morgan fingerprint density at radius 1 is 1.43 bits per heavy atom. The number of esters is 1. The number of hydrogen-bond donors (Lipinski definition) is 1. The normalized spacial score (nSPS) is 11.4. The molecule has 2 rings (SSSR count). The van der Waals surface area contributed by atoms with E-state index in [9.17, 15) is 13.2 Å². The fraction of sp³-hybridized carbons (Fsp3) is 0.333. The van der Waals surface area contributed by atoms with E-state index < -0.39 is 16.0 Å². The van der Waals surface area contributed by atoms with Crippen LogP contribution < -0.4 is 4.72 Å². The Kier molecular flexibility index (Phi) is 4.06. The minimum absolute atomic E-state index is 0.0456. The second kappa shape index (κ2) is 5.49. The number of rotatable bonds is 4. The first-order chi connectivity index (χ1) is 9.77. The monoisotopic (exact) mass is 329 g/mol. The van der Waals surface area contributed by atoms with Gasteiger partial charge in [-0.2, -0.15) is 5.10 Å². The van der Waals surface area contributed by atoms with Crippen LogP contribution in [-0.4, -0.2) is 31.3 Å². The van der Waals surface area contributed by atoms with Crippen LogP contribution in [0, 0.1) is 13.8 Å². The van der Waals surface area contributed by atoms with Crippen LogP contribution in [0.1, 0.15) is 21.1 Å². The molecule has 0 amide bonds. The van der Waals surface area contributed by atoms with Crippen LogP contribution in [0.2, 0.25) is 0 Å². The summed E-state index contributed by atoms with van der Waals surface area (Å²) in [6.45, 7) is 3.46. The molecule has 0 saturated heterocycles. The van der Waals surface area contributed by atoms with E-state index >= 15 is 0 Å². The third-order valence-electron chi connectivity index (χ3n) is 3.03. The molecule has 2 heterocycles. The van der Waals surface area contributed by atoms with Gasteiger partial charge in [0.2, 0.25) is 0 Å². The quantitative estimate of drug-likeness (QED) is 0.862. The lowest BCUT2D eigenvalue weighted by molar-refractivity contribution is 0.0602. The highest BCUT2D eigenvalue weighted by atomic mass is 32.2. The molecule has 0 spiro atoms. The zero-order valence-corrected chi connectivity index (χ0v) is 13.6. The summed E-state index contributed by atoms with van der Waals surface area (Å²) in [5, 5.41) is 5.68. The summed E-state index contributed by atoms with van der Waals surface area (Å²) in [5.74, 6) is -0.676. The summed E-state index contributed by atoms with van der Waals surface area (Å²) < 4.78 is 33.6. The molecule has 0 radical (unpaired) electrons. The second-order valence-corrected chi connectivity index (χ2v) is 6.95. The predicted molar refractivity (Wildman–Crippen MR) is 79.1 cm³/mol. The van der Waals surface area contributed by atoms with Gasteiger partial charge in [0.15, 0.2) is 0 Å². The molecule has 21 heavy (non-hydrogen) atoms. The van der Waals surface area contributed by atoms with E-state index in [-0.39, 0.29) is 9.77 Å². The molecule has 7 nitrogen and oxygen atoms in total. The standard InChI is InChI=1S/C12H15N3O4S2/c1-7-10(8(2)15(3)13-7)14-21(17,18)9-5-6-20-11(9)12(16)19-4/h5-6,14H,1-4H3. The number of aromatic nitrogens is 2. The van der Waals surface area contributed by atoms with Crippen molar-refractivity contribution in [3.8, 4) is 0 Å². The number of methoxy groups -OCH3 is 1. The van der Waals surface area contributed by atoms with E-state index in [0.29, 0.717) is 17.1 Å². The minimum Gasteiger partial charge on any atom is -0.465 e. The van der Waals surface area contributed by atoms with Gasteiger partial charge in [0.05, 0.1) is 24.2 Å². The van der Waals surface area contributed by atoms with Crippen LogP contribution in [0.3, 0.4) is 0 Å². The maximum absolute atomic E-state index is 12.5. The molecule has 0 fully saturated rings. The van der Waals surface area contributed by atoms with E-state index in [1.807, 2.05) is 0 Å². The van der Waals surface area contributed by atoms with E-state index in [1.54, 1.807) is 25.6 Å². The third kappa shape index (κ3) is 2.79. The molecule has 0 saturated carbocycles. The first kappa shape index (κ1) is 15.5. The molecule has 0 atom stereocenters. The number of nitrogens with zero attached hydrogens (tertiary/aromatic N) is 2. The molecule has 9 heteroatoms. The van der Waals surface area contributed by atoms with Gasteiger partial charge in [-0.15, -0.1) is 11.3 Å². The first-order valence-electron chi connectivity index (χ1n) is 5.96. The fourth-order valence-electron chi connectivity index (χ4n) is 1.86. The van der Waals surface area contributed by atoms with Gasteiger partial charge in [-0.3, -0.25) is 9.40 Å². The summed E-state index contributed by atoms with van der Waals surface area (Å²) in [6, 6.07) is 1.38. The molecule has 1 N–H and O–H groups in total. The number of anilines is 1. The Balaban J connectivity index is 2.44. The van der Waals surface area contributed by atoms with Crippen LogP contribution in [-0.2, 0) is 21.8 Å². The molecule has 114 valence electrons. The predicted octanol–water partition coefficient (Wildman–Crippen LogP) is 1.69. The van der Waals surface area contributed by atoms with Crippen molar-refractivity contribution in [2.45, 2.75) is 18.7 Å². The SMILES string of the molecule is COC(=O)c1sccc1S(=O)(=O)Nc1c(C)nn(C)c1C. The summed E-state index contributed by atoms with van der Waals surface area (Å²) in [6.07, 6.45) is 0. The molecule has 0 aliphatic carbocycles. The average Bonchev–Trinajstić information content (AvgIpc) is 3.00. The van der Waals surface area contributed by atoms with E-state index in [2.05, 4.69) is 14.6 Å². The van der Waals surface area contributed by atoms with Crippen LogP contribution in [0.5, 0.6) is 0 Å². The van der Waals surface area contributed by atoms with Crippen molar-refractivity contribution in [1.29, 1.82) is 0 Å². The van der Waals surface area contributed by atoms with Crippen LogP contribution in [0.25, 0.3) is 0 Å². The van der Waals surface area contributed by atoms with Crippen molar-refractivity contribution >= 4 is 33.0 Å². The molecule has 0 bridgehead atoms. The van der Waals surface area contributed by atoms with Gasteiger partial charge < -0.3 is 4.74 Å². The highest BCUT2D eigenvalue weighted by molar-refractivity contribution is 7.93. The topological polar surface area (TPSA) is 90.3 Å². The van der Waals surface area contributed by atoms with Gasteiger partial charge >= 0.3 is 5.97 Å². The van der Waals surface area contributed by atoms with Crippen molar-refractivity contribution in [3.63, 3.8) is 0 Å². The van der Waals surface area contributed by atoms with Gasteiger partial charge in [-0.05, 0) is 25.3 Å². The number of nitrogens with one attached hydrogen (secondary N) is 1. The van der Waals surface area contributed by atoms with Crippen molar-refractivity contribution in [2.75, 3.05) is 11.8 Å². The van der Waals surface area contributed by atoms with Gasteiger partial charge in [-0.1, -0.05) is 0 Å². The largest absolute Gasteiger partial charge is 0.465 e. The van der Waals surface area contributed by atoms with Crippen LogP contribution >= 0.6 is 11.3 Å². The number of carbonyl (C=O) groups excluding carboxylic acids is 1. The number of ether oxygens (including phenoxy) is 1. The molecule has 0 aromatic carbocycles. The zero-order valence-electron chi connectivity index (χ0n) is 12.0. The molecule has 2 aromatic rings. The molecular formula is C12H15N3O4S2. The Morgan fingerprint density at radius 3 is 2.62 bits per heavy atom. The number of thiophene rings is 1. The molecule has 0 unspecified atom stereocenters. The summed E-state index contributed by atoms with van der Waals surface area (Å²) >= 11 is 1.02. The summed E-state index contributed by atoms with van der Waals surface area (Å²) in [4.78, 5) is 11.6. The Hall–Kier alpha value is -1.87. The Labute approximate surface area is 126 Å². The second-order valence-electron chi connectivity index (χ2n) is 4.38. The molecular weight excluding hydrogens is 314 g/mol. The number of carbonyl (C=O) groups is 1. The van der Waals surface area contributed by atoms with Crippen molar-refractivity contribution in [1.82, 2.24) is 9.78 Å². The van der Waals surface area contributed by atoms with Crippen LogP contribution in [0.4, 0.5) is 5.69 Å². The molecule has 0 aliphatic heterocycles. The zero-order chi connectivity index (χ0) is 15.8. The van der Waals surface area contributed by atoms with Gasteiger partial charge in [0.1, 0.15) is 9.77 Å². The van der Waals surface area contributed by atoms with E-state index in [4.69, 9.17) is 0 Å². The summed E-state index contributed by atoms with van der Waals surface area (Å²) in [7, 11) is -0.945. The molecule has 0 aliphatic rings. The smallest absolute Gasteiger partial charge is 0.349 e. The summed E-state index contributed by atoms with van der Waals surface area (Å²) in [5.41, 5.74) is 1.67. The van der Waals surface area contributed by atoms with Gasteiger partial charge in [-0.25, -0.2) is 13.2 Å². The van der Waals surface area contributed by atoms with Gasteiger partial charge in [0.25, 0.3) is 10.0 Å². The fourth-order valence-corrected chi connectivity index (χ4v) is 4.37. The van der Waals surface area contributed by atoms with Gasteiger partial charge in [0, 0.05) is 7.05 Å². The maximum atomic E-state index is 12.5.